The first-order chi connectivity index (χ1) is 9.23. The van der Waals surface area contributed by atoms with E-state index >= 15 is 0 Å². The van der Waals surface area contributed by atoms with Gasteiger partial charge in [0, 0.05) is 30.7 Å². The van der Waals surface area contributed by atoms with Crippen molar-refractivity contribution in [2.75, 3.05) is 24.5 Å². The molecule has 0 radical (unpaired) electrons. The van der Waals surface area contributed by atoms with Crippen LogP contribution >= 0.6 is 0 Å². The fourth-order valence-electron chi connectivity index (χ4n) is 2.88. The van der Waals surface area contributed by atoms with Crippen molar-refractivity contribution in [3.63, 3.8) is 0 Å². The zero-order chi connectivity index (χ0) is 13.7. The molecule has 1 aliphatic heterocycles. The lowest BCUT2D eigenvalue weighted by Crippen LogP contribution is -2.55. The summed E-state index contributed by atoms with van der Waals surface area (Å²) in [6.07, 6.45) is 3.81. The Labute approximate surface area is 118 Å². The monoisotopic (exact) mass is 260 g/mol. The lowest BCUT2D eigenvalue weighted by Gasteiger charge is -2.51. The number of nitrogens with one attached hydrogen (secondary N) is 1. The van der Waals surface area contributed by atoms with Crippen LogP contribution in [0.4, 0.5) is 5.69 Å². The molecule has 0 unspecified atom stereocenters. The third-order valence-electron chi connectivity index (χ3n) is 4.61. The highest BCUT2D eigenvalue weighted by Crippen LogP contribution is 2.39. The van der Waals surface area contributed by atoms with Crippen LogP contribution in [0.1, 0.15) is 45.6 Å². The Kier molecular flexibility index (Phi) is 4.87. The Morgan fingerprint density at radius 2 is 1.68 bits per heavy atom. The maximum Gasteiger partial charge on any atom is 0.0366 e. The highest BCUT2D eigenvalue weighted by molar-refractivity contribution is 5.50. The first-order valence-corrected chi connectivity index (χ1v) is 7.77. The summed E-state index contributed by atoms with van der Waals surface area (Å²) in [6.45, 7) is 11.4. The summed E-state index contributed by atoms with van der Waals surface area (Å²) in [4.78, 5) is 2.51. The zero-order valence-electron chi connectivity index (χ0n) is 12.7. The van der Waals surface area contributed by atoms with Gasteiger partial charge in [0.15, 0.2) is 0 Å². The second kappa shape index (κ2) is 6.42. The van der Waals surface area contributed by atoms with Crippen LogP contribution in [0.5, 0.6) is 0 Å². The Morgan fingerprint density at radius 1 is 1.05 bits per heavy atom. The normalized spacial score (nSPS) is 17.3. The van der Waals surface area contributed by atoms with Crippen LogP contribution in [0.2, 0.25) is 0 Å². The third kappa shape index (κ3) is 3.30. The van der Waals surface area contributed by atoms with Crippen LogP contribution in [0.3, 0.4) is 0 Å². The molecule has 1 fully saturated rings. The van der Waals surface area contributed by atoms with Crippen molar-refractivity contribution in [2.45, 2.75) is 46.6 Å². The second-order valence-electron chi connectivity index (χ2n) is 5.91. The number of anilines is 1. The fourth-order valence-corrected chi connectivity index (χ4v) is 2.88. The van der Waals surface area contributed by atoms with Gasteiger partial charge >= 0.3 is 0 Å². The van der Waals surface area contributed by atoms with Crippen molar-refractivity contribution < 1.29 is 0 Å². The van der Waals surface area contributed by atoms with Crippen molar-refractivity contribution in [1.29, 1.82) is 0 Å². The standard InChI is InChI=1S/C17H28N2/c1-4-11-18-12-15-7-9-16(10-8-15)19-13-17(5-2,6-3)14-19/h7-10,18H,4-6,11-14H2,1-3H3. The molecule has 2 rings (SSSR count). The molecule has 0 bridgehead atoms. The number of hydrogen-bond acceptors (Lipinski definition) is 2. The predicted octanol–water partition coefficient (Wildman–Crippen LogP) is 3.81. The molecule has 1 saturated heterocycles. The predicted molar refractivity (Wildman–Crippen MR) is 83.7 cm³/mol. The number of rotatable bonds is 7. The zero-order valence-corrected chi connectivity index (χ0v) is 12.7. The first kappa shape index (κ1) is 14.4. The second-order valence-corrected chi connectivity index (χ2v) is 5.91. The van der Waals surface area contributed by atoms with Gasteiger partial charge in [-0.25, -0.2) is 0 Å². The SMILES string of the molecule is CCCNCc1ccc(N2CC(CC)(CC)C2)cc1. The molecule has 0 amide bonds. The number of benzene rings is 1. The molecule has 0 aromatic heterocycles. The Bertz CT molecular complexity index is 371. The Morgan fingerprint density at radius 3 is 2.21 bits per heavy atom. The van der Waals surface area contributed by atoms with Crippen LogP contribution in [-0.2, 0) is 6.54 Å². The molecule has 19 heavy (non-hydrogen) atoms. The molecule has 106 valence electrons. The van der Waals surface area contributed by atoms with Crippen LogP contribution < -0.4 is 10.2 Å². The topological polar surface area (TPSA) is 15.3 Å². The molecule has 2 nitrogen and oxygen atoms in total. The summed E-state index contributed by atoms with van der Waals surface area (Å²) in [6, 6.07) is 9.07. The van der Waals surface area contributed by atoms with Gasteiger partial charge in [0.05, 0.1) is 0 Å². The highest BCUT2D eigenvalue weighted by Gasteiger charge is 2.39. The molecule has 1 aromatic carbocycles. The van der Waals surface area contributed by atoms with E-state index in [1.807, 2.05) is 0 Å². The largest absolute Gasteiger partial charge is 0.370 e. The van der Waals surface area contributed by atoms with Gasteiger partial charge in [-0.1, -0.05) is 32.9 Å². The summed E-state index contributed by atoms with van der Waals surface area (Å²) in [5.74, 6) is 0. The van der Waals surface area contributed by atoms with Crippen molar-refractivity contribution in [3.05, 3.63) is 29.8 Å². The molecule has 1 aliphatic rings. The minimum atomic E-state index is 0.585. The molecule has 1 N–H and O–H groups in total. The number of nitrogens with zero attached hydrogens (tertiary/aromatic N) is 1. The van der Waals surface area contributed by atoms with Crippen molar-refractivity contribution in [3.8, 4) is 0 Å². The van der Waals surface area contributed by atoms with Gasteiger partial charge in [-0.3, -0.25) is 0 Å². The van der Waals surface area contributed by atoms with Crippen molar-refractivity contribution in [1.82, 2.24) is 5.32 Å². The molecule has 1 heterocycles. The van der Waals surface area contributed by atoms with E-state index < -0.39 is 0 Å². The van der Waals surface area contributed by atoms with Gasteiger partial charge in [0.2, 0.25) is 0 Å². The quantitative estimate of drug-likeness (QED) is 0.750. The summed E-state index contributed by atoms with van der Waals surface area (Å²) in [7, 11) is 0. The van der Waals surface area contributed by atoms with E-state index in [0.29, 0.717) is 5.41 Å². The maximum atomic E-state index is 3.45. The van der Waals surface area contributed by atoms with Crippen LogP contribution in [0.25, 0.3) is 0 Å². The van der Waals surface area contributed by atoms with Crippen LogP contribution in [-0.4, -0.2) is 19.6 Å². The van der Waals surface area contributed by atoms with E-state index in [1.54, 1.807) is 0 Å². The summed E-state index contributed by atoms with van der Waals surface area (Å²) in [5.41, 5.74) is 3.35. The number of hydrogen-bond donors (Lipinski definition) is 1. The van der Waals surface area contributed by atoms with Gasteiger partial charge < -0.3 is 10.2 Å². The van der Waals surface area contributed by atoms with Crippen molar-refractivity contribution >= 4 is 5.69 Å². The molecule has 1 aromatic rings. The van der Waals surface area contributed by atoms with E-state index in [4.69, 9.17) is 0 Å². The van der Waals surface area contributed by atoms with E-state index in [-0.39, 0.29) is 0 Å². The minimum Gasteiger partial charge on any atom is -0.370 e. The average Bonchev–Trinajstić information content (AvgIpc) is 2.41. The Hall–Kier alpha value is -1.02. The lowest BCUT2D eigenvalue weighted by molar-refractivity contribution is 0.194. The summed E-state index contributed by atoms with van der Waals surface area (Å²) < 4.78 is 0. The van der Waals surface area contributed by atoms with E-state index in [1.165, 1.54) is 43.6 Å². The molecule has 2 heteroatoms. The summed E-state index contributed by atoms with van der Waals surface area (Å²) in [5, 5.41) is 3.45. The van der Waals surface area contributed by atoms with Crippen molar-refractivity contribution in [2.24, 2.45) is 5.41 Å². The van der Waals surface area contributed by atoms with Gasteiger partial charge in [0.25, 0.3) is 0 Å². The van der Waals surface area contributed by atoms with E-state index in [0.717, 1.165) is 13.1 Å². The minimum absolute atomic E-state index is 0.585. The van der Waals surface area contributed by atoms with E-state index in [9.17, 15) is 0 Å². The molecular formula is C17H28N2. The van der Waals surface area contributed by atoms with Gasteiger partial charge in [0.1, 0.15) is 0 Å². The molecular weight excluding hydrogens is 232 g/mol. The fraction of sp³-hybridized carbons (Fsp3) is 0.647. The molecule has 0 aliphatic carbocycles. The van der Waals surface area contributed by atoms with Gasteiger partial charge in [-0.15, -0.1) is 0 Å². The van der Waals surface area contributed by atoms with Crippen LogP contribution in [0, 0.1) is 5.41 Å². The van der Waals surface area contributed by atoms with Gasteiger partial charge in [-0.2, -0.15) is 0 Å². The summed E-state index contributed by atoms with van der Waals surface area (Å²) >= 11 is 0. The smallest absolute Gasteiger partial charge is 0.0366 e. The third-order valence-corrected chi connectivity index (χ3v) is 4.61. The highest BCUT2D eigenvalue weighted by atomic mass is 15.2. The Balaban J connectivity index is 1.86. The first-order valence-electron chi connectivity index (χ1n) is 7.77. The molecule has 0 spiro atoms. The lowest BCUT2D eigenvalue weighted by atomic mass is 9.75. The molecule has 0 saturated carbocycles. The maximum absolute atomic E-state index is 3.45. The van der Waals surface area contributed by atoms with E-state index in [2.05, 4.69) is 55.3 Å². The van der Waals surface area contributed by atoms with Crippen LogP contribution in [0.15, 0.2) is 24.3 Å². The molecule has 0 atom stereocenters. The van der Waals surface area contributed by atoms with Gasteiger partial charge in [-0.05, 0) is 43.5 Å². The average molecular weight is 260 g/mol.